The number of H-pyrrole nitrogens is 1. The second-order valence-electron chi connectivity index (χ2n) is 16.3. The highest BCUT2D eigenvalue weighted by molar-refractivity contribution is 5.94. The SMILES string of the molecule is O=C(NC(c1ccccc1)c1cccc(OCc2ccc(C(=O)N(CCCNCC(O)c3ccc(O)c4[nH]c(=O)ccc34)Cc3ccccc3F)cc2)c1)OC1CN2CCC1CC2. The van der Waals surface area contributed by atoms with Gasteiger partial charge in [-0.15, -0.1) is 0 Å². The molecule has 3 unspecified atom stereocenters. The summed E-state index contributed by atoms with van der Waals surface area (Å²) in [5.41, 5.74) is 3.89. The number of benzene rings is 5. The molecule has 2 amide bonds. The van der Waals surface area contributed by atoms with Gasteiger partial charge in [-0.1, -0.05) is 78.9 Å². The number of nitrogens with zero attached hydrogens (tertiary/aromatic N) is 2. The first-order valence-corrected chi connectivity index (χ1v) is 21.5. The lowest BCUT2D eigenvalue weighted by Gasteiger charge is -2.43. The number of pyridine rings is 1. The molecule has 4 heterocycles. The summed E-state index contributed by atoms with van der Waals surface area (Å²) in [7, 11) is 0. The van der Waals surface area contributed by atoms with Crippen molar-refractivity contribution in [1.82, 2.24) is 25.4 Å². The smallest absolute Gasteiger partial charge is 0.408 e. The number of aliphatic hydroxyl groups excluding tert-OH is 1. The molecule has 9 rings (SSSR count). The van der Waals surface area contributed by atoms with Crippen molar-refractivity contribution in [3.63, 3.8) is 0 Å². The lowest BCUT2D eigenvalue weighted by atomic mass is 9.86. The highest BCUT2D eigenvalue weighted by Gasteiger charge is 2.37. The minimum absolute atomic E-state index is 0.0727. The molecule has 5 aromatic carbocycles. The number of hydrogen-bond donors (Lipinski definition) is 5. The fraction of sp³-hybridized carbons (Fsp3) is 0.300. The van der Waals surface area contributed by atoms with E-state index in [4.69, 9.17) is 9.47 Å². The highest BCUT2D eigenvalue weighted by atomic mass is 19.1. The van der Waals surface area contributed by atoms with Gasteiger partial charge in [0.2, 0.25) is 5.56 Å². The molecule has 3 saturated heterocycles. The summed E-state index contributed by atoms with van der Waals surface area (Å²) in [4.78, 5) is 45.6. The third-order valence-corrected chi connectivity index (χ3v) is 12.0. The lowest BCUT2D eigenvalue weighted by Crippen LogP contribution is -2.52. The molecular weight excluding hydrogens is 802 g/mol. The number of phenolic OH excluding ortho intramolecular Hbond substituents is 1. The van der Waals surface area contributed by atoms with Gasteiger partial charge in [0.1, 0.15) is 30.0 Å². The minimum Gasteiger partial charge on any atom is -0.506 e. The summed E-state index contributed by atoms with van der Waals surface area (Å²) in [5, 5.41) is 28.1. The van der Waals surface area contributed by atoms with E-state index in [2.05, 4.69) is 20.5 Å². The number of carbonyl (C=O) groups is 2. The van der Waals surface area contributed by atoms with Crippen LogP contribution in [0.15, 0.2) is 132 Å². The standard InChI is InChI=1S/C50H52FN5O7/c51-42-13-5-4-10-38(42)30-56(25-7-24-52-29-44(58)40-18-20-43(57)48-41(40)19-21-46(59)53-48)49(60)36-16-14-33(15-17-36)32-62-39-12-6-11-37(28-39)47(35-8-2-1-3-9-35)54-50(61)63-45-31-55-26-22-34(45)23-27-55/h1-6,8-21,28,34,44-45,47,52,57-58H,7,22-27,29-32H2,(H,53,59)(H,54,61). The first kappa shape index (κ1) is 43.1. The van der Waals surface area contributed by atoms with Crippen LogP contribution in [0.5, 0.6) is 11.5 Å². The Kier molecular flexibility index (Phi) is 13.8. The molecule has 12 nitrogen and oxygen atoms in total. The molecule has 3 atom stereocenters. The average molecular weight is 854 g/mol. The van der Waals surface area contributed by atoms with Crippen molar-refractivity contribution in [3.05, 3.63) is 177 Å². The molecule has 3 aliphatic heterocycles. The number of aliphatic hydroxyl groups is 1. The van der Waals surface area contributed by atoms with E-state index in [1.54, 1.807) is 47.4 Å². The van der Waals surface area contributed by atoms with Crippen molar-refractivity contribution >= 4 is 22.9 Å². The van der Waals surface area contributed by atoms with Gasteiger partial charge in [0.05, 0.1) is 17.7 Å². The molecule has 6 aromatic rings. The molecule has 1 aromatic heterocycles. The summed E-state index contributed by atoms with van der Waals surface area (Å²) in [6.45, 7) is 4.17. The average Bonchev–Trinajstić information content (AvgIpc) is 3.31. The van der Waals surface area contributed by atoms with E-state index in [0.29, 0.717) is 53.3 Å². The number of piperidine rings is 3. The van der Waals surface area contributed by atoms with E-state index in [1.165, 1.54) is 18.2 Å². The number of carbonyl (C=O) groups excluding carboxylic acids is 2. The van der Waals surface area contributed by atoms with Crippen LogP contribution in [-0.4, -0.2) is 82.4 Å². The van der Waals surface area contributed by atoms with Crippen LogP contribution in [-0.2, 0) is 17.9 Å². The number of aromatic amines is 1. The van der Waals surface area contributed by atoms with Gasteiger partial charge >= 0.3 is 6.09 Å². The van der Waals surface area contributed by atoms with E-state index < -0.39 is 24.1 Å². The van der Waals surface area contributed by atoms with Crippen LogP contribution in [0, 0.1) is 11.7 Å². The van der Waals surface area contributed by atoms with Gasteiger partial charge in [0.15, 0.2) is 0 Å². The zero-order chi connectivity index (χ0) is 43.7. The molecule has 0 saturated carbocycles. The number of aromatic nitrogens is 1. The van der Waals surface area contributed by atoms with Crippen LogP contribution in [0.4, 0.5) is 9.18 Å². The molecule has 0 spiro atoms. The summed E-state index contributed by atoms with van der Waals surface area (Å²) < 4.78 is 27.0. The van der Waals surface area contributed by atoms with Crippen LogP contribution >= 0.6 is 0 Å². The first-order chi connectivity index (χ1) is 30.7. The van der Waals surface area contributed by atoms with Crippen LogP contribution in [0.2, 0.25) is 0 Å². The lowest BCUT2D eigenvalue weighted by molar-refractivity contribution is -0.0336. The molecule has 0 aliphatic carbocycles. The van der Waals surface area contributed by atoms with E-state index in [-0.39, 0.29) is 48.5 Å². The summed E-state index contributed by atoms with van der Waals surface area (Å²) in [6.07, 6.45) is 1.14. The van der Waals surface area contributed by atoms with E-state index in [1.807, 2.05) is 66.7 Å². The molecular formula is C50H52FN5O7. The van der Waals surface area contributed by atoms with Crippen molar-refractivity contribution in [2.45, 2.75) is 50.7 Å². The number of nitrogens with one attached hydrogen (secondary N) is 3. The van der Waals surface area contributed by atoms with E-state index >= 15 is 0 Å². The number of hydrogen-bond acceptors (Lipinski definition) is 9. The Morgan fingerprint density at radius 3 is 2.41 bits per heavy atom. The molecule has 3 fully saturated rings. The molecule has 2 bridgehead atoms. The highest BCUT2D eigenvalue weighted by Crippen LogP contribution is 2.32. The van der Waals surface area contributed by atoms with Gasteiger partial charge in [0, 0.05) is 48.8 Å². The number of alkyl carbamates (subject to hydrolysis) is 1. The Hall–Kier alpha value is -6.54. The van der Waals surface area contributed by atoms with E-state index in [9.17, 15) is 29.0 Å². The van der Waals surface area contributed by atoms with Gasteiger partial charge in [-0.25, -0.2) is 9.18 Å². The van der Waals surface area contributed by atoms with Crippen molar-refractivity contribution in [3.8, 4) is 11.5 Å². The monoisotopic (exact) mass is 853 g/mol. The van der Waals surface area contributed by atoms with Gasteiger partial charge in [-0.2, -0.15) is 0 Å². The maximum atomic E-state index is 14.8. The maximum Gasteiger partial charge on any atom is 0.408 e. The van der Waals surface area contributed by atoms with Crippen molar-refractivity contribution in [2.24, 2.45) is 5.92 Å². The van der Waals surface area contributed by atoms with Crippen LogP contribution in [0.25, 0.3) is 10.9 Å². The normalized spacial score (nSPS) is 17.8. The Morgan fingerprint density at radius 2 is 1.65 bits per heavy atom. The third kappa shape index (κ3) is 10.7. The molecule has 0 radical (unpaired) electrons. The Labute approximate surface area is 365 Å². The Balaban J connectivity index is 0.880. The Bertz CT molecular complexity index is 2560. The topological polar surface area (TPSA) is 156 Å². The van der Waals surface area contributed by atoms with Gasteiger partial charge in [-0.05, 0) is 110 Å². The zero-order valence-corrected chi connectivity index (χ0v) is 34.9. The van der Waals surface area contributed by atoms with Crippen LogP contribution in [0.3, 0.4) is 0 Å². The summed E-state index contributed by atoms with van der Waals surface area (Å²) in [6, 6.07) is 36.5. The fourth-order valence-electron chi connectivity index (χ4n) is 8.59. The van der Waals surface area contributed by atoms with Crippen molar-refractivity contribution in [2.75, 3.05) is 39.3 Å². The number of amides is 2. The molecule has 326 valence electrons. The quantitative estimate of drug-likeness (QED) is 0.0599. The second kappa shape index (κ2) is 20.1. The van der Waals surface area contributed by atoms with Crippen molar-refractivity contribution < 1.29 is 33.7 Å². The number of phenols is 1. The van der Waals surface area contributed by atoms with Gasteiger partial charge in [0.25, 0.3) is 5.91 Å². The van der Waals surface area contributed by atoms with Crippen LogP contribution in [0.1, 0.15) is 69.6 Å². The second-order valence-corrected chi connectivity index (χ2v) is 16.3. The third-order valence-electron chi connectivity index (χ3n) is 12.0. The maximum absolute atomic E-state index is 14.8. The predicted octanol–water partition coefficient (Wildman–Crippen LogP) is 7.22. The van der Waals surface area contributed by atoms with Gasteiger partial charge in [-0.3, -0.25) is 14.5 Å². The first-order valence-electron chi connectivity index (χ1n) is 21.5. The molecule has 5 N–H and O–H groups in total. The van der Waals surface area contributed by atoms with Gasteiger partial charge < -0.3 is 40.2 Å². The number of ether oxygens (including phenoxy) is 2. The largest absolute Gasteiger partial charge is 0.506 e. The summed E-state index contributed by atoms with van der Waals surface area (Å²) in [5.74, 6) is 0.278. The minimum atomic E-state index is -0.930. The Morgan fingerprint density at radius 1 is 0.889 bits per heavy atom. The summed E-state index contributed by atoms with van der Waals surface area (Å²) >= 11 is 0. The number of rotatable bonds is 17. The molecule has 63 heavy (non-hydrogen) atoms. The zero-order valence-electron chi connectivity index (χ0n) is 34.9. The number of fused-ring (bicyclic) bond motifs is 4. The van der Waals surface area contributed by atoms with Crippen molar-refractivity contribution in [1.29, 1.82) is 0 Å². The van der Waals surface area contributed by atoms with E-state index in [0.717, 1.165) is 49.2 Å². The fourth-order valence-corrected chi connectivity index (χ4v) is 8.59. The number of aromatic hydroxyl groups is 1. The van der Waals surface area contributed by atoms with Crippen LogP contribution < -0.4 is 20.9 Å². The molecule has 13 heteroatoms. The molecule has 3 aliphatic rings. The predicted molar refractivity (Wildman–Crippen MR) is 238 cm³/mol. The number of halogens is 1.